The topological polar surface area (TPSA) is 77.5 Å². The van der Waals surface area contributed by atoms with Crippen molar-refractivity contribution in [3.63, 3.8) is 0 Å². The van der Waals surface area contributed by atoms with E-state index in [4.69, 9.17) is 9.47 Å². The maximum atomic E-state index is 12.4. The molecule has 0 saturated heterocycles. The number of amides is 1. The van der Waals surface area contributed by atoms with Crippen LogP contribution in [0.3, 0.4) is 0 Å². The first-order valence-electron chi connectivity index (χ1n) is 10.2. The van der Waals surface area contributed by atoms with E-state index >= 15 is 0 Å². The third-order valence-corrected chi connectivity index (χ3v) is 5.82. The smallest absolute Gasteiger partial charge is 0.338 e. The van der Waals surface area contributed by atoms with Crippen molar-refractivity contribution in [3.05, 3.63) is 45.9 Å². The summed E-state index contributed by atoms with van der Waals surface area (Å²) in [7, 11) is 0. The number of rotatable bonds is 7. The summed E-state index contributed by atoms with van der Waals surface area (Å²) in [4.78, 5) is 29.1. The van der Waals surface area contributed by atoms with Gasteiger partial charge in [-0.05, 0) is 51.0 Å². The fourth-order valence-electron chi connectivity index (χ4n) is 3.34. The SMILES string of the molecule is Cc1nc(COc2ccc(C(=O)O[C@@H](C)C(=O)NC3CCCCCC3)cc2)cs1. The molecule has 1 aliphatic carbocycles. The molecule has 1 aliphatic rings. The standard InChI is InChI=1S/C22H28N2O4S/c1-15(21(25)24-18-7-5-3-4-6-8-18)28-22(26)17-9-11-20(12-10-17)27-13-19-14-29-16(2)23-19/h9-12,14-15,18H,3-8,13H2,1-2H3,(H,24,25)/t15-/m0/s1. The van der Waals surface area contributed by atoms with Crippen LogP contribution in [0.2, 0.25) is 0 Å². The molecular formula is C22H28N2O4S. The fourth-order valence-corrected chi connectivity index (χ4v) is 3.94. The van der Waals surface area contributed by atoms with Gasteiger partial charge in [0.1, 0.15) is 12.4 Å². The molecule has 7 heteroatoms. The normalized spacial score (nSPS) is 15.9. The van der Waals surface area contributed by atoms with Gasteiger partial charge in [-0.2, -0.15) is 0 Å². The summed E-state index contributed by atoms with van der Waals surface area (Å²) in [5.41, 5.74) is 1.26. The molecule has 0 aliphatic heterocycles. The van der Waals surface area contributed by atoms with E-state index in [-0.39, 0.29) is 11.9 Å². The Morgan fingerprint density at radius 2 is 1.86 bits per heavy atom. The molecule has 29 heavy (non-hydrogen) atoms. The van der Waals surface area contributed by atoms with Crippen molar-refractivity contribution in [1.29, 1.82) is 0 Å². The van der Waals surface area contributed by atoms with Crippen LogP contribution in [0.5, 0.6) is 5.75 Å². The van der Waals surface area contributed by atoms with Gasteiger partial charge in [0, 0.05) is 11.4 Å². The van der Waals surface area contributed by atoms with Gasteiger partial charge in [-0.25, -0.2) is 9.78 Å². The van der Waals surface area contributed by atoms with Gasteiger partial charge < -0.3 is 14.8 Å². The lowest BCUT2D eigenvalue weighted by Crippen LogP contribution is -2.41. The zero-order chi connectivity index (χ0) is 20.6. The quantitative estimate of drug-likeness (QED) is 0.534. The Morgan fingerprint density at radius 3 is 2.48 bits per heavy atom. The summed E-state index contributed by atoms with van der Waals surface area (Å²) in [6.45, 7) is 3.94. The molecule has 1 atom stereocenters. The van der Waals surface area contributed by atoms with Gasteiger partial charge >= 0.3 is 5.97 Å². The first-order chi connectivity index (χ1) is 14.0. The predicted octanol–water partition coefficient (Wildman–Crippen LogP) is 4.41. The minimum Gasteiger partial charge on any atom is -0.487 e. The molecule has 1 heterocycles. The summed E-state index contributed by atoms with van der Waals surface area (Å²) in [6, 6.07) is 6.89. The molecule has 156 valence electrons. The van der Waals surface area contributed by atoms with Crippen LogP contribution in [0.25, 0.3) is 0 Å². The van der Waals surface area contributed by atoms with Gasteiger partial charge in [0.2, 0.25) is 0 Å². The zero-order valence-corrected chi connectivity index (χ0v) is 17.8. The van der Waals surface area contributed by atoms with Crippen LogP contribution in [0, 0.1) is 6.92 Å². The van der Waals surface area contributed by atoms with E-state index in [0.717, 1.165) is 36.4 Å². The number of hydrogen-bond donors (Lipinski definition) is 1. The van der Waals surface area contributed by atoms with Crippen LogP contribution < -0.4 is 10.1 Å². The van der Waals surface area contributed by atoms with Crippen molar-refractivity contribution in [1.82, 2.24) is 10.3 Å². The Hall–Kier alpha value is -2.41. The number of carbonyl (C=O) groups excluding carboxylic acids is 2. The minimum atomic E-state index is -0.824. The molecule has 0 spiro atoms. The third kappa shape index (κ3) is 6.56. The van der Waals surface area contributed by atoms with Crippen LogP contribution >= 0.6 is 11.3 Å². The van der Waals surface area contributed by atoms with Gasteiger partial charge in [-0.1, -0.05) is 25.7 Å². The molecule has 1 saturated carbocycles. The van der Waals surface area contributed by atoms with Gasteiger partial charge in [0.15, 0.2) is 6.10 Å². The van der Waals surface area contributed by atoms with Gasteiger partial charge in [0.05, 0.1) is 16.3 Å². The molecule has 1 N–H and O–H groups in total. The van der Waals surface area contributed by atoms with Crippen molar-refractivity contribution < 1.29 is 19.1 Å². The molecule has 2 aromatic rings. The molecule has 1 aromatic heterocycles. The van der Waals surface area contributed by atoms with E-state index in [0.29, 0.717) is 17.9 Å². The van der Waals surface area contributed by atoms with Crippen molar-refractivity contribution in [3.8, 4) is 5.75 Å². The average molecular weight is 417 g/mol. The maximum Gasteiger partial charge on any atom is 0.338 e. The highest BCUT2D eigenvalue weighted by molar-refractivity contribution is 7.09. The second-order valence-electron chi connectivity index (χ2n) is 7.42. The molecule has 0 unspecified atom stereocenters. The number of ether oxygens (including phenoxy) is 2. The Labute approximate surface area is 175 Å². The van der Waals surface area contributed by atoms with Gasteiger partial charge in [-0.15, -0.1) is 11.3 Å². The highest BCUT2D eigenvalue weighted by Gasteiger charge is 2.22. The van der Waals surface area contributed by atoms with Crippen molar-refractivity contribution in [2.75, 3.05) is 0 Å². The Balaban J connectivity index is 1.47. The molecule has 1 aromatic carbocycles. The second kappa shape index (κ2) is 10.4. The maximum absolute atomic E-state index is 12.4. The lowest BCUT2D eigenvalue weighted by molar-refractivity contribution is -0.129. The third-order valence-electron chi connectivity index (χ3n) is 5.00. The number of nitrogens with zero attached hydrogens (tertiary/aromatic N) is 1. The fraction of sp³-hybridized carbons (Fsp3) is 0.500. The molecule has 1 fully saturated rings. The Kier molecular flexibility index (Phi) is 7.63. The lowest BCUT2D eigenvalue weighted by atomic mass is 10.1. The first kappa shape index (κ1) is 21.3. The van der Waals surface area contributed by atoms with Crippen molar-refractivity contribution >= 4 is 23.2 Å². The number of benzene rings is 1. The average Bonchev–Trinajstić information content (AvgIpc) is 2.96. The van der Waals surface area contributed by atoms with E-state index in [1.165, 1.54) is 12.8 Å². The second-order valence-corrected chi connectivity index (χ2v) is 8.48. The highest BCUT2D eigenvalue weighted by Crippen LogP contribution is 2.18. The summed E-state index contributed by atoms with van der Waals surface area (Å²) >= 11 is 1.58. The van der Waals surface area contributed by atoms with Crippen LogP contribution in [-0.4, -0.2) is 29.0 Å². The Bertz CT molecular complexity index is 810. The van der Waals surface area contributed by atoms with E-state index in [1.807, 2.05) is 12.3 Å². The Morgan fingerprint density at radius 1 is 1.17 bits per heavy atom. The highest BCUT2D eigenvalue weighted by atomic mass is 32.1. The molecule has 6 nitrogen and oxygen atoms in total. The summed E-state index contributed by atoms with van der Waals surface area (Å²) in [5, 5.41) is 5.98. The number of hydrogen-bond acceptors (Lipinski definition) is 6. The first-order valence-corrected chi connectivity index (χ1v) is 11.0. The molecular weight excluding hydrogens is 388 g/mol. The van der Waals surface area contributed by atoms with Crippen LogP contribution in [0.4, 0.5) is 0 Å². The number of aryl methyl sites for hydroxylation is 1. The van der Waals surface area contributed by atoms with Gasteiger partial charge in [-0.3, -0.25) is 4.79 Å². The molecule has 3 rings (SSSR count). The van der Waals surface area contributed by atoms with E-state index in [9.17, 15) is 9.59 Å². The molecule has 0 bridgehead atoms. The lowest BCUT2D eigenvalue weighted by Gasteiger charge is -2.19. The van der Waals surface area contributed by atoms with Gasteiger partial charge in [0.25, 0.3) is 5.91 Å². The largest absolute Gasteiger partial charge is 0.487 e. The van der Waals surface area contributed by atoms with Crippen molar-refractivity contribution in [2.24, 2.45) is 0 Å². The number of thiazole rings is 1. The minimum absolute atomic E-state index is 0.184. The summed E-state index contributed by atoms with van der Waals surface area (Å²) < 4.78 is 11.0. The monoisotopic (exact) mass is 416 g/mol. The van der Waals surface area contributed by atoms with E-state index < -0.39 is 12.1 Å². The zero-order valence-electron chi connectivity index (χ0n) is 17.0. The summed E-state index contributed by atoms with van der Waals surface area (Å²) in [6.07, 6.45) is 5.88. The number of aromatic nitrogens is 1. The number of esters is 1. The van der Waals surface area contributed by atoms with E-state index in [2.05, 4.69) is 10.3 Å². The van der Waals surface area contributed by atoms with Crippen molar-refractivity contribution in [2.45, 2.75) is 71.1 Å². The molecule has 0 radical (unpaired) electrons. The summed E-state index contributed by atoms with van der Waals surface area (Å²) in [5.74, 6) is -0.106. The predicted molar refractivity (Wildman–Crippen MR) is 112 cm³/mol. The van der Waals surface area contributed by atoms with Crippen LogP contribution in [-0.2, 0) is 16.1 Å². The molecule has 1 amide bonds. The number of carbonyl (C=O) groups is 2. The van der Waals surface area contributed by atoms with Crippen LogP contribution in [0.1, 0.15) is 66.5 Å². The van der Waals surface area contributed by atoms with Crippen LogP contribution in [0.15, 0.2) is 29.6 Å². The number of nitrogens with one attached hydrogen (secondary N) is 1. The van der Waals surface area contributed by atoms with E-state index in [1.54, 1.807) is 42.5 Å².